The topological polar surface area (TPSA) is 133 Å². The van der Waals surface area contributed by atoms with Crippen LogP contribution in [0.4, 0.5) is 12.9 Å². The van der Waals surface area contributed by atoms with Gasteiger partial charge >= 0.3 is 22.2 Å². The summed E-state index contributed by atoms with van der Waals surface area (Å²) in [6.07, 6.45) is 4.22. The first kappa shape index (κ1) is 22.8. The molecule has 0 bridgehead atoms. The Bertz CT molecular complexity index is 112. The molecule has 0 radical (unpaired) electrons. The third-order valence-electron chi connectivity index (χ3n) is 1.21. The molecule has 7 N–H and O–H groups in total. The highest BCUT2D eigenvalue weighted by Gasteiger charge is 1.98. The summed E-state index contributed by atoms with van der Waals surface area (Å²) in [5, 5.41) is 45.0. The molecule has 7 nitrogen and oxygen atoms in total. The van der Waals surface area contributed by atoms with Crippen LogP contribution in [-0.4, -0.2) is 65.4 Å². The molecule has 0 atom stereocenters. The fraction of sp³-hybridized carbons (Fsp3) is 1.00. The van der Waals surface area contributed by atoms with Gasteiger partial charge in [-0.15, -0.1) is 0 Å². The van der Waals surface area contributed by atoms with Crippen LogP contribution < -0.4 is 5.32 Å². The molecule has 18 heavy (non-hydrogen) atoms. The van der Waals surface area contributed by atoms with Crippen LogP contribution in [0.2, 0.25) is 0 Å². The van der Waals surface area contributed by atoms with E-state index < -0.39 is 22.2 Å². The van der Waals surface area contributed by atoms with Crippen molar-refractivity contribution < 1.29 is 43.1 Å². The van der Waals surface area contributed by atoms with Crippen molar-refractivity contribution in [3.8, 4) is 0 Å². The van der Waals surface area contributed by atoms with E-state index in [1.807, 2.05) is 0 Å². The van der Waals surface area contributed by atoms with Crippen molar-refractivity contribution in [1.29, 1.82) is 0 Å². The first-order chi connectivity index (χ1) is 8.20. The Balaban J connectivity index is -0.000000171. The molecule has 0 saturated carbocycles. The van der Waals surface area contributed by atoms with Crippen LogP contribution >= 0.6 is 0 Å². The summed E-state index contributed by atoms with van der Waals surface area (Å²) in [4.78, 5) is 0. The van der Waals surface area contributed by atoms with Gasteiger partial charge in [0.25, 0.3) is 0 Å². The Morgan fingerprint density at radius 2 is 0.833 bits per heavy atom. The second kappa shape index (κ2) is 19.1. The minimum atomic E-state index is -2.67. The quantitative estimate of drug-likeness (QED) is 0.244. The molecule has 13 heteroatoms. The smallest absolute Gasteiger partial charge is 0.398 e. The molecule has 0 amide bonds. The van der Waals surface area contributed by atoms with Crippen LogP contribution in [0.3, 0.4) is 0 Å². The van der Waals surface area contributed by atoms with Gasteiger partial charge in [0.15, 0.2) is 0 Å². The highest BCUT2D eigenvalue weighted by atomic mass is 19.1. The first-order valence-electron chi connectivity index (χ1n) is 4.91. The molecule has 108 valence electrons. The van der Waals surface area contributed by atoms with Crippen molar-refractivity contribution in [1.82, 2.24) is 5.32 Å². The third kappa shape index (κ3) is 104. The van der Waals surface area contributed by atoms with Crippen molar-refractivity contribution in [2.45, 2.75) is 19.3 Å². The van der Waals surface area contributed by atoms with Crippen molar-refractivity contribution in [2.24, 2.45) is 0 Å². The maximum atomic E-state index is 10.1. The number of piperidine rings is 1. The molecule has 0 aliphatic carbocycles. The lowest BCUT2D eigenvalue weighted by Gasteiger charge is -2.08. The normalized spacial score (nSPS) is 12.5. The van der Waals surface area contributed by atoms with Crippen molar-refractivity contribution >= 4 is 22.2 Å². The monoisotopic (exact) mass is 277 g/mol. The Hall–Kier alpha value is -0.295. The predicted molar refractivity (Wildman–Crippen MR) is 60.6 cm³/mol. The van der Waals surface area contributed by atoms with Gasteiger partial charge in [0.1, 0.15) is 0 Å². The Morgan fingerprint density at radius 1 is 0.611 bits per heavy atom. The van der Waals surface area contributed by atoms with Crippen LogP contribution in [0.25, 0.3) is 0 Å². The van der Waals surface area contributed by atoms with Crippen LogP contribution in [0.15, 0.2) is 0 Å². The minimum Gasteiger partial charge on any atom is -0.398 e. The average molecular weight is 277 g/mol. The minimum absolute atomic E-state index is 1.25. The molecule has 1 saturated heterocycles. The van der Waals surface area contributed by atoms with Crippen molar-refractivity contribution in [3.05, 3.63) is 0 Å². The van der Waals surface area contributed by atoms with Crippen molar-refractivity contribution in [3.63, 3.8) is 0 Å². The van der Waals surface area contributed by atoms with Crippen molar-refractivity contribution in [2.75, 3.05) is 13.1 Å². The average Bonchev–Trinajstić information content (AvgIpc) is 2.17. The van der Waals surface area contributed by atoms with Gasteiger partial charge in [-0.1, -0.05) is 6.42 Å². The predicted octanol–water partition coefficient (Wildman–Crippen LogP) is -2.46. The van der Waals surface area contributed by atoms with Gasteiger partial charge in [0.2, 0.25) is 0 Å². The zero-order chi connectivity index (χ0) is 15.0. The highest BCUT2D eigenvalue weighted by Crippen LogP contribution is 1.96. The Morgan fingerprint density at radius 3 is 0.889 bits per heavy atom. The zero-order valence-electron chi connectivity index (χ0n) is 9.58. The molecule has 0 aromatic heterocycles. The maximum Gasteiger partial charge on any atom is 0.674 e. The molecule has 1 heterocycles. The summed E-state index contributed by atoms with van der Waals surface area (Å²) in [6.45, 7) is 2.50. The van der Waals surface area contributed by atoms with Gasteiger partial charge < -0.3 is 35.5 Å². The fourth-order valence-corrected chi connectivity index (χ4v) is 0.802. The second-order valence-electron chi connectivity index (χ2n) is 2.74. The largest absolute Gasteiger partial charge is 0.674 e. The molecular weight excluding hydrogens is 259 g/mol. The Labute approximate surface area is 104 Å². The molecule has 0 aromatic carbocycles. The van der Waals surface area contributed by atoms with Gasteiger partial charge in [0, 0.05) is 0 Å². The number of nitrogens with one attached hydrogen (secondary N) is 1. The van der Waals surface area contributed by atoms with Gasteiger partial charge in [-0.2, -0.15) is 0 Å². The van der Waals surface area contributed by atoms with Gasteiger partial charge in [0.05, 0.1) is 0 Å². The molecular formula is C5H17B3F3NO6. The lowest BCUT2D eigenvalue weighted by atomic mass is 10.2. The number of halogens is 3. The van der Waals surface area contributed by atoms with E-state index in [0.717, 1.165) is 0 Å². The maximum absolute atomic E-state index is 10.1. The van der Waals surface area contributed by atoms with Crippen LogP contribution in [0.1, 0.15) is 19.3 Å². The second-order valence-corrected chi connectivity index (χ2v) is 2.74. The van der Waals surface area contributed by atoms with Gasteiger partial charge in [-0.25, -0.2) is 0 Å². The fourth-order valence-electron chi connectivity index (χ4n) is 0.802. The number of hydrogen-bond acceptors (Lipinski definition) is 7. The summed E-state index contributed by atoms with van der Waals surface area (Å²) in [5.74, 6) is 0. The van der Waals surface area contributed by atoms with E-state index in [2.05, 4.69) is 5.32 Å². The molecule has 1 aliphatic heterocycles. The van der Waals surface area contributed by atoms with Gasteiger partial charge in [-0.3, -0.25) is 12.9 Å². The highest BCUT2D eigenvalue weighted by molar-refractivity contribution is 6.32. The molecule has 1 aliphatic rings. The number of hydrogen-bond donors (Lipinski definition) is 7. The van der Waals surface area contributed by atoms with E-state index in [1.165, 1.54) is 32.4 Å². The van der Waals surface area contributed by atoms with Crippen LogP contribution in [0.5, 0.6) is 0 Å². The molecule has 0 spiro atoms. The summed E-state index contributed by atoms with van der Waals surface area (Å²) in [7, 11) is -8.00. The molecule has 1 rings (SSSR count). The molecule has 0 unspecified atom stereocenters. The third-order valence-corrected chi connectivity index (χ3v) is 1.21. The SMILES string of the molecule is C1CCNCC1.OB(O)F.OB(O)F.OB(O)F. The lowest BCUT2D eigenvalue weighted by Crippen LogP contribution is -2.21. The van der Waals surface area contributed by atoms with E-state index in [1.54, 1.807) is 0 Å². The summed E-state index contributed by atoms with van der Waals surface area (Å²) in [5.41, 5.74) is 0. The van der Waals surface area contributed by atoms with Gasteiger partial charge in [-0.05, 0) is 25.9 Å². The standard InChI is InChI=1S/C5H11N.3BFH2O2/c1-2-4-6-5-3-1;3*2-1(3)4/h6H,1-5H2;3*3-4H. The zero-order valence-corrected chi connectivity index (χ0v) is 9.58. The van der Waals surface area contributed by atoms with E-state index in [-0.39, 0.29) is 0 Å². The van der Waals surface area contributed by atoms with E-state index in [9.17, 15) is 12.9 Å². The van der Waals surface area contributed by atoms with E-state index in [4.69, 9.17) is 30.1 Å². The molecule has 1 fully saturated rings. The van der Waals surface area contributed by atoms with Crippen LogP contribution in [-0.2, 0) is 0 Å². The molecule has 0 aromatic rings. The van der Waals surface area contributed by atoms with Crippen LogP contribution in [0, 0.1) is 0 Å². The van der Waals surface area contributed by atoms with E-state index in [0.29, 0.717) is 0 Å². The first-order valence-corrected chi connectivity index (χ1v) is 4.91. The number of rotatable bonds is 0. The summed E-state index contributed by atoms with van der Waals surface area (Å²) < 4.78 is 30.3. The lowest BCUT2D eigenvalue weighted by molar-refractivity contribution is 0.338. The summed E-state index contributed by atoms with van der Waals surface area (Å²) in [6, 6.07) is 0. The Kier molecular flexibility index (Phi) is 24.2. The van der Waals surface area contributed by atoms with E-state index >= 15 is 0 Å². The summed E-state index contributed by atoms with van der Waals surface area (Å²) >= 11 is 0.